The van der Waals surface area contributed by atoms with Crippen LogP contribution in [0.15, 0.2) is 59.7 Å². The van der Waals surface area contributed by atoms with Crippen molar-refractivity contribution in [3.8, 4) is 17.6 Å². The van der Waals surface area contributed by atoms with Gasteiger partial charge in [0.25, 0.3) is 5.56 Å². The predicted molar refractivity (Wildman–Crippen MR) is 145 cm³/mol. The molecule has 2 aliphatic rings. The third-order valence-corrected chi connectivity index (χ3v) is 7.28. The number of hydrogen-bond donors (Lipinski definition) is 2. The topological polar surface area (TPSA) is 90.9 Å². The number of likely N-dealkylation sites (tertiary alicyclic amines) is 1. The van der Waals surface area contributed by atoms with Crippen molar-refractivity contribution in [3.05, 3.63) is 93.2 Å². The van der Waals surface area contributed by atoms with Crippen molar-refractivity contribution in [3.63, 3.8) is 0 Å². The smallest absolute Gasteiger partial charge is 0.293 e. The van der Waals surface area contributed by atoms with Gasteiger partial charge < -0.3 is 19.6 Å². The van der Waals surface area contributed by atoms with Gasteiger partial charge in [-0.25, -0.2) is 4.98 Å². The summed E-state index contributed by atoms with van der Waals surface area (Å²) in [5.41, 5.74) is 4.21. The van der Waals surface area contributed by atoms with Crippen molar-refractivity contribution < 1.29 is 14.6 Å². The Balaban J connectivity index is 1.25. The highest BCUT2D eigenvalue weighted by molar-refractivity contribution is 5.44. The second kappa shape index (κ2) is 12.4. The Labute approximate surface area is 223 Å². The Kier molecular flexibility index (Phi) is 8.51. The first-order chi connectivity index (χ1) is 18.6. The first-order valence-corrected chi connectivity index (χ1v) is 13.1. The van der Waals surface area contributed by atoms with Crippen LogP contribution >= 0.6 is 0 Å². The minimum Gasteiger partial charge on any atom is -0.502 e. The molecule has 2 fully saturated rings. The number of benzene rings is 2. The van der Waals surface area contributed by atoms with Gasteiger partial charge in [0.15, 0.2) is 0 Å². The summed E-state index contributed by atoms with van der Waals surface area (Å²) in [7, 11) is 1.73. The Hall–Kier alpha value is -3.48. The zero-order valence-corrected chi connectivity index (χ0v) is 21.7. The molecule has 3 aromatic rings. The minimum atomic E-state index is -0.517. The van der Waals surface area contributed by atoms with Crippen LogP contribution < -0.4 is 5.56 Å². The number of H-pyrrole nitrogens is 1. The first kappa shape index (κ1) is 26.1. The van der Waals surface area contributed by atoms with Crippen LogP contribution in [0.2, 0.25) is 0 Å². The SMILES string of the molecule is COC1CN(C[C@H](Cc2nc[nH]c(=O)c2O)c2ccc(C#Cc3ccc(CN4CCOCC4)cc3)cc2)C1. The van der Waals surface area contributed by atoms with Crippen LogP contribution in [0.25, 0.3) is 0 Å². The molecule has 0 unspecified atom stereocenters. The Morgan fingerprint density at radius 3 is 2.37 bits per heavy atom. The number of rotatable bonds is 8. The standard InChI is InChI=1S/C30H34N4O4/c1-37-27-19-34(20-27)18-26(16-28-29(35)30(36)32-21-31-28)25-10-8-23(9-11-25)3-2-22-4-6-24(7-5-22)17-33-12-14-38-15-13-33/h4-11,21,26-27,35H,12-20H2,1H3,(H,31,32,36)/t26-/m0/s1. The number of aromatic amines is 1. The van der Waals surface area contributed by atoms with E-state index in [0.29, 0.717) is 12.1 Å². The third-order valence-electron chi connectivity index (χ3n) is 7.28. The van der Waals surface area contributed by atoms with Gasteiger partial charge in [0, 0.05) is 69.8 Å². The van der Waals surface area contributed by atoms with Gasteiger partial charge in [-0.15, -0.1) is 0 Å². The highest BCUT2D eigenvalue weighted by atomic mass is 16.5. The molecule has 5 rings (SSSR count). The lowest BCUT2D eigenvalue weighted by molar-refractivity contribution is -0.0317. The van der Waals surface area contributed by atoms with Gasteiger partial charge in [-0.3, -0.25) is 14.6 Å². The van der Waals surface area contributed by atoms with Crippen LogP contribution in [0.1, 0.15) is 33.9 Å². The van der Waals surface area contributed by atoms with Gasteiger partial charge in [-0.1, -0.05) is 36.1 Å². The number of hydrogen-bond acceptors (Lipinski definition) is 7. The number of aromatic hydroxyl groups is 1. The van der Waals surface area contributed by atoms with Crippen LogP contribution in [-0.2, 0) is 22.4 Å². The number of aromatic nitrogens is 2. The molecule has 38 heavy (non-hydrogen) atoms. The summed E-state index contributed by atoms with van der Waals surface area (Å²) in [6.07, 6.45) is 2.06. The highest BCUT2D eigenvalue weighted by Crippen LogP contribution is 2.26. The van der Waals surface area contributed by atoms with Gasteiger partial charge in [0.1, 0.15) is 0 Å². The number of nitrogens with zero attached hydrogens (tertiary/aromatic N) is 3. The molecule has 3 heterocycles. The molecule has 0 aliphatic carbocycles. The van der Waals surface area contributed by atoms with E-state index in [-0.39, 0.29) is 17.8 Å². The van der Waals surface area contributed by atoms with Gasteiger partial charge in [0.05, 0.1) is 31.3 Å². The van der Waals surface area contributed by atoms with E-state index in [1.165, 1.54) is 11.9 Å². The fourth-order valence-corrected chi connectivity index (χ4v) is 4.93. The van der Waals surface area contributed by atoms with E-state index in [9.17, 15) is 9.90 Å². The van der Waals surface area contributed by atoms with E-state index >= 15 is 0 Å². The molecule has 0 amide bonds. The van der Waals surface area contributed by atoms with Crippen molar-refractivity contribution >= 4 is 0 Å². The Morgan fingerprint density at radius 2 is 1.71 bits per heavy atom. The molecule has 1 atom stereocenters. The number of nitrogens with one attached hydrogen (secondary N) is 1. The van der Waals surface area contributed by atoms with E-state index in [1.54, 1.807) is 7.11 Å². The van der Waals surface area contributed by atoms with Gasteiger partial charge in [-0.2, -0.15) is 0 Å². The monoisotopic (exact) mass is 514 g/mol. The molecule has 0 spiro atoms. The van der Waals surface area contributed by atoms with Gasteiger partial charge in [0.2, 0.25) is 5.75 Å². The molecule has 0 radical (unpaired) electrons. The lowest BCUT2D eigenvalue weighted by Gasteiger charge is -2.40. The normalized spacial score (nSPS) is 17.4. The molecular formula is C30H34N4O4. The lowest BCUT2D eigenvalue weighted by Crippen LogP contribution is -2.53. The molecule has 1 aromatic heterocycles. The minimum absolute atomic E-state index is 0.0639. The third kappa shape index (κ3) is 6.69. The quantitative estimate of drug-likeness (QED) is 0.446. The van der Waals surface area contributed by atoms with Crippen molar-refractivity contribution in [1.82, 2.24) is 19.8 Å². The average Bonchev–Trinajstić information content (AvgIpc) is 2.92. The van der Waals surface area contributed by atoms with Crippen LogP contribution in [0.3, 0.4) is 0 Å². The Bertz CT molecular complexity index is 1320. The van der Waals surface area contributed by atoms with Crippen molar-refractivity contribution in [2.45, 2.75) is 25.0 Å². The maximum Gasteiger partial charge on any atom is 0.293 e. The molecule has 2 N–H and O–H groups in total. The maximum atomic E-state index is 11.9. The van der Waals surface area contributed by atoms with E-state index < -0.39 is 5.56 Å². The maximum absolute atomic E-state index is 11.9. The zero-order valence-electron chi connectivity index (χ0n) is 21.7. The molecule has 198 valence electrons. The molecule has 2 aromatic carbocycles. The lowest BCUT2D eigenvalue weighted by atomic mass is 9.91. The van der Waals surface area contributed by atoms with Gasteiger partial charge >= 0.3 is 0 Å². The molecule has 8 heteroatoms. The summed E-state index contributed by atoms with van der Waals surface area (Å²) in [5, 5.41) is 10.2. The average molecular weight is 515 g/mol. The van der Waals surface area contributed by atoms with Crippen LogP contribution in [0, 0.1) is 11.8 Å². The molecule has 2 saturated heterocycles. The van der Waals surface area contributed by atoms with E-state index in [0.717, 1.165) is 69.2 Å². The second-order valence-corrected chi connectivity index (χ2v) is 9.96. The van der Waals surface area contributed by atoms with Crippen molar-refractivity contribution in [2.24, 2.45) is 0 Å². The van der Waals surface area contributed by atoms with Gasteiger partial charge in [-0.05, 0) is 35.4 Å². The summed E-state index contributed by atoms with van der Waals surface area (Å²) < 4.78 is 10.8. The van der Waals surface area contributed by atoms with E-state index in [1.807, 2.05) is 12.1 Å². The summed E-state index contributed by atoms with van der Waals surface area (Å²) in [5.74, 6) is 6.29. The molecule has 0 saturated carbocycles. The summed E-state index contributed by atoms with van der Waals surface area (Å²) in [6, 6.07) is 16.7. The first-order valence-electron chi connectivity index (χ1n) is 13.1. The number of methoxy groups -OCH3 is 1. The highest BCUT2D eigenvalue weighted by Gasteiger charge is 2.29. The summed E-state index contributed by atoms with van der Waals surface area (Å²) in [6.45, 7) is 7.04. The molecule has 0 bridgehead atoms. The van der Waals surface area contributed by atoms with Crippen LogP contribution in [-0.4, -0.2) is 84.0 Å². The number of ether oxygens (including phenoxy) is 2. The Morgan fingerprint density at radius 1 is 1.05 bits per heavy atom. The second-order valence-electron chi connectivity index (χ2n) is 9.96. The largest absolute Gasteiger partial charge is 0.502 e. The summed E-state index contributed by atoms with van der Waals surface area (Å²) in [4.78, 5) is 23.2. The van der Waals surface area contributed by atoms with Crippen molar-refractivity contribution in [2.75, 3.05) is 53.0 Å². The van der Waals surface area contributed by atoms with Crippen LogP contribution in [0.4, 0.5) is 0 Å². The van der Waals surface area contributed by atoms with E-state index in [2.05, 4.69) is 68.0 Å². The fourth-order valence-electron chi connectivity index (χ4n) is 4.93. The van der Waals surface area contributed by atoms with Crippen molar-refractivity contribution in [1.29, 1.82) is 0 Å². The summed E-state index contributed by atoms with van der Waals surface area (Å²) >= 11 is 0. The van der Waals surface area contributed by atoms with E-state index in [4.69, 9.17) is 9.47 Å². The fraction of sp³-hybridized carbons (Fsp3) is 0.400. The zero-order chi connectivity index (χ0) is 26.3. The van der Waals surface area contributed by atoms with Crippen LogP contribution in [0.5, 0.6) is 5.75 Å². The molecular weight excluding hydrogens is 480 g/mol. The number of morpholine rings is 1. The molecule has 8 nitrogen and oxygen atoms in total. The predicted octanol–water partition coefficient (Wildman–Crippen LogP) is 2.36. The molecule has 2 aliphatic heterocycles.